The van der Waals surface area contributed by atoms with E-state index < -0.39 is 0 Å². The second kappa shape index (κ2) is 6.36. The Morgan fingerprint density at radius 2 is 2.22 bits per heavy atom. The second-order valence-corrected chi connectivity index (χ2v) is 6.43. The van der Waals surface area contributed by atoms with E-state index in [9.17, 15) is 0 Å². The average molecular weight is 326 g/mol. The first-order valence-electron chi connectivity index (χ1n) is 5.79. The average Bonchev–Trinajstić information content (AvgIpc) is 2.82. The van der Waals surface area contributed by atoms with Crippen molar-refractivity contribution in [3.63, 3.8) is 0 Å². The summed E-state index contributed by atoms with van der Waals surface area (Å²) < 4.78 is 6.41. The Bertz CT molecular complexity index is 512. The van der Waals surface area contributed by atoms with Crippen LogP contribution in [0.2, 0.25) is 0 Å². The highest BCUT2D eigenvalue weighted by molar-refractivity contribution is 9.11. The fourth-order valence-electron chi connectivity index (χ4n) is 1.74. The highest BCUT2D eigenvalue weighted by Gasteiger charge is 2.06. The van der Waals surface area contributed by atoms with E-state index in [1.165, 1.54) is 14.9 Å². The van der Waals surface area contributed by atoms with Crippen molar-refractivity contribution in [1.29, 1.82) is 0 Å². The number of ether oxygens (including phenoxy) is 1. The van der Waals surface area contributed by atoms with Crippen LogP contribution in [0.3, 0.4) is 0 Å². The summed E-state index contributed by atoms with van der Waals surface area (Å²) in [5.74, 6) is 0.902. The Kier molecular flexibility index (Phi) is 4.80. The van der Waals surface area contributed by atoms with Crippen molar-refractivity contribution >= 4 is 27.3 Å². The molecule has 96 valence electrons. The van der Waals surface area contributed by atoms with Gasteiger partial charge in [0.15, 0.2) is 0 Å². The third-order valence-corrected chi connectivity index (χ3v) is 4.38. The van der Waals surface area contributed by atoms with Gasteiger partial charge in [-0.3, -0.25) is 0 Å². The number of hydrogen-bond acceptors (Lipinski definition) is 3. The van der Waals surface area contributed by atoms with Crippen molar-refractivity contribution in [3.05, 3.63) is 50.6 Å². The molecule has 2 nitrogen and oxygen atoms in total. The molecule has 1 heterocycles. The number of hydrogen-bond donors (Lipinski definition) is 1. The van der Waals surface area contributed by atoms with Crippen molar-refractivity contribution in [2.45, 2.75) is 19.5 Å². The largest absolute Gasteiger partial charge is 0.497 e. The molecule has 1 aromatic heterocycles. The van der Waals surface area contributed by atoms with Gasteiger partial charge in [-0.2, -0.15) is 0 Å². The number of benzene rings is 1. The van der Waals surface area contributed by atoms with Crippen LogP contribution >= 0.6 is 27.3 Å². The van der Waals surface area contributed by atoms with E-state index in [4.69, 9.17) is 4.74 Å². The maximum Gasteiger partial charge on any atom is 0.119 e. The first-order chi connectivity index (χ1) is 8.69. The maximum absolute atomic E-state index is 5.24. The van der Waals surface area contributed by atoms with Gasteiger partial charge in [0.25, 0.3) is 0 Å². The monoisotopic (exact) mass is 325 g/mol. The second-order valence-electron chi connectivity index (χ2n) is 4.14. The molecule has 0 saturated carbocycles. The Hall–Kier alpha value is -0.840. The quantitative estimate of drug-likeness (QED) is 0.881. The van der Waals surface area contributed by atoms with Gasteiger partial charge in [-0.05, 0) is 57.6 Å². The van der Waals surface area contributed by atoms with Crippen LogP contribution in [0, 0.1) is 0 Å². The summed E-state index contributed by atoms with van der Waals surface area (Å²) in [5, 5.41) is 5.67. The molecular formula is C14H16BrNOS. The standard InChI is InChI=1S/C14H16BrNOS/c1-10(12-4-3-5-13(7-12)17-2)16-8-11-6-14(15)18-9-11/h3-7,9-10,16H,8H2,1-2H3/t10-/m0/s1. The van der Waals surface area contributed by atoms with Crippen LogP contribution in [0.25, 0.3) is 0 Å². The van der Waals surface area contributed by atoms with Crippen molar-refractivity contribution in [2.75, 3.05) is 7.11 Å². The minimum Gasteiger partial charge on any atom is -0.497 e. The highest BCUT2D eigenvalue weighted by atomic mass is 79.9. The molecule has 1 N–H and O–H groups in total. The highest BCUT2D eigenvalue weighted by Crippen LogP contribution is 2.22. The van der Waals surface area contributed by atoms with E-state index in [2.05, 4.69) is 51.7 Å². The summed E-state index contributed by atoms with van der Waals surface area (Å²) in [6.07, 6.45) is 0. The summed E-state index contributed by atoms with van der Waals surface area (Å²) in [7, 11) is 1.69. The number of thiophene rings is 1. The number of halogens is 1. The van der Waals surface area contributed by atoms with E-state index in [0.717, 1.165) is 12.3 Å². The maximum atomic E-state index is 5.24. The molecule has 2 aromatic rings. The lowest BCUT2D eigenvalue weighted by atomic mass is 10.1. The Morgan fingerprint density at radius 1 is 1.39 bits per heavy atom. The van der Waals surface area contributed by atoms with Gasteiger partial charge in [-0.1, -0.05) is 12.1 Å². The van der Waals surface area contributed by atoms with Gasteiger partial charge >= 0.3 is 0 Å². The molecule has 2 rings (SSSR count). The third kappa shape index (κ3) is 3.57. The molecule has 0 unspecified atom stereocenters. The van der Waals surface area contributed by atoms with E-state index in [0.29, 0.717) is 6.04 Å². The zero-order valence-corrected chi connectivity index (χ0v) is 12.8. The smallest absolute Gasteiger partial charge is 0.119 e. The molecule has 0 aliphatic rings. The minimum atomic E-state index is 0.304. The van der Waals surface area contributed by atoms with Gasteiger partial charge < -0.3 is 10.1 Å². The van der Waals surface area contributed by atoms with E-state index in [-0.39, 0.29) is 0 Å². The zero-order chi connectivity index (χ0) is 13.0. The number of methoxy groups -OCH3 is 1. The number of rotatable bonds is 5. The molecular weight excluding hydrogens is 310 g/mol. The third-order valence-electron chi connectivity index (χ3n) is 2.83. The van der Waals surface area contributed by atoms with Crippen molar-refractivity contribution in [2.24, 2.45) is 0 Å². The molecule has 0 bridgehead atoms. The Labute approximate surface area is 120 Å². The first-order valence-corrected chi connectivity index (χ1v) is 7.46. The molecule has 0 fully saturated rings. The van der Waals surface area contributed by atoms with Gasteiger partial charge in [0.2, 0.25) is 0 Å². The molecule has 0 spiro atoms. The molecule has 1 atom stereocenters. The predicted octanol–water partition coefficient (Wildman–Crippen LogP) is 4.37. The van der Waals surface area contributed by atoms with E-state index in [1.54, 1.807) is 18.4 Å². The Morgan fingerprint density at radius 3 is 2.89 bits per heavy atom. The molecule has 0 radical (unpaired) electrons. The lowest BCUT2D eigenvalue weighted by Gasteiger charge is -2.14. The van der Waals surface area contributed by atoms with Gasteiger partial charge in [-0.15, -0.1) is 11.3 Å². The van der Waals surface area contributed by atoms with Crippen LogP contribution in [0.5, 0.6) is 5.75 Å². The topological polar surface area (TPSA) is 21.3 Å². The van der Waals surface area contributed by atoms with Crippen molar-refractivity contribution in [1.82, 2.24) is 5.32 Å². The van der Waals surface area contributed by atoms with Crippen molar-refractivity contribution < 1.29 is 4.74 Å². The molecule has 1 aromatic carbocycles. The van der Waals surface area contributed by atoms with Gasteiger partial charge in [0.05, 0.1) is 10.9 Å². The summed E-state index contributed by atoms with van der Waals surface area (Å²) in [4.78, 5) is 0. The SMILES string of the molecule is COc1cccc([C@H](C)NCc2csc(Br)c2)c1. The fourth-order valence-corrected chi connectivity index (χ4v) is 2.95. The summed E-state index contributed by atoms with van der Waals surface area (Å²) in [5.41, 5.74) is 2.55. The van der Waals surface area contributed by atoms with Crippen LogP contribution in [-0.2, 0) is 6.54 Å². The lowest BCUT2D eigenvalue weighted by molar-refractivity contribution is 0.413. The van der Waals surface area contributed by atoms with Gasteiger partial charge in [0.1, 0.15) is 5.75 Å². The van der Waals surface area contributed by atoms with E-state index >= 15 is 0 Å². The molecule has 0 aliphatic heterocycles. The minimum absolute atomic E-state index is 0.304. The normalized spacial score (nSPS) is 12.4. The lowest BCUT2D eigenvalue weighted by Crippen LogP contribution is -2.17. The van der Waals surface area contributed by atoms with Crippen LogP contribution in [0.4, 0.5) is 0 Å². The van der Waals surface area contributed by atoms with Crippen LogP contribution in [-0.4, -0.2) is 7.11 Å². The van der Waals surface area contributed by atoms with Gasteiger partial charge in [-0.25, -0.2) is 0 Å². The van der Waals surface area contributed by atoms with Crippen LogP contribution in [0.1, 0.15) is 24.1 Å². The first kappa shape index (κ1) is 13.6. The zero-order valence-electron chi connectivity index (χ0n) is 10.4. The molecule has 0 aliphatic carbocycles. The summed E-state index contributed by atoms with van der Waals surface area (Å²) in [6, 6.07) is 10.6. The molecule has 0 saturated heterocycles. The van der Waals surface area contributed by atoms with Crippen LogP contribution in [0.15, 0.2) is 39.5 Å². The predicted molar refractivity (Wildman–Crippen MR) is 80.3 cm³/mol. The molecule has 18 heavy (non-hydrogen) atoms. The molecule has 4 heteroatoms. The van der Waals surface area contributed by atoms with Crippen molar-refractivity contribution in [3.8, 4) is 5.75 Å². The summed E-state index contributed by atoms with van der Waals surface area (Å²) >= 11 is 5.19. The molecule has 0 amide bonds. The Balaban J connectivity index is 1.96. The van der Waals surface area contributed by atoms with E-state index in [1.807, 2.05) is 12.1 Å². The van der Waals surface area contributed by atoms with Crippen LogP contribution < -0.4 is 10.1 Å². The summed E-state index contributed by atoms with van der Waals surface area (Å²) in [6.45, 7) is 3.04. The van der Waals surface area contributed by atoms with Gasteiger partial charge in [0, 0.05) is 12.6 Å². The number of nitrogens with one attached hydrogen (secondary N) is 1. The fraction of sp³-hybridized carbons (Fsp3) is 0.286.